The van der Waals surface area contributed by atoms with Gasteiger partial charge in [0.2, 0.25) is 5.75 Å². The molecule has 0 bridgehead atoms. The van der Waals surface area contributed by atoms with E-state index in [1.54, 1.807) is 36.4 Å². The molecule has 7 heteroatoms. The van der Waals surface area contributed by atoms with Crippen LogP contribution in [0.2, 0.25) is 0 Å². The van der Waals surface area contributed by atoms with Crippen molar-refractivity contribution in [1.29, 1.82) is 0 Å². The maximum Gasteiger partial charge on any atom is 0.337 e. The van der Waals surface area contributed by atoms with Crippen molar-refractivity contribution in [2.45, 2.75) is 13.0 Å². The Morgan fingerprint density at radius 2 is 1.41 bits per heavy atom. The van der Waals surface area contributed by atoms with Crippen molar-refractivity contribution in [2.24, 2.45) is 0 Å². The number of hydrogen-bond acceptors (Lipinski definition) is 7. The van der Waals surface area contributed by atoms with E-state index in [0.29, 0.717) is 28.4 Å². The highest BCUT2D eigenvalue weighted by Gasteiger charge is 2.15. The normalized spacial score (nSPS) is 10.1. The van der Waals surface area contributed by atoms with Gasteiger partial charge >= 0.3 is 11.9 Å². The van der Waals surface area contributed by atoms with Gasteiger partial charge in [-0.15, -0.1) is 0 Å². The summed E-state index contributed by atoms with van der Waals surface area (Å²) < 4.78 is 25.7. The zero-order valence-electron chi connectivity index (χ0n) is 15.7. The molecule has 144 valence electrons. The first-order chi connectivity index (χ1) is 13.0. The van der Waals surface area contributed by atoms with Crippen LogP contribution in [0.15, 0.2) is 36.4 Å². The summed E-state index contributed by atoms with van der Waals surface area (Å²) in [6, 6.07) is 10.1. The van der Waals surface area contributed by atoms with Gasteiger partial charge in [0.05, 0.1) is 40.4 Å². The fraction of sp³-hybridized carbons (Fsp3) is 0.300. The molecule has 27 heavy (non-hydrogen) atoms. The second-order valence-electron chi connectivity index (χ2n) is 5.56. The van der Waals surface area contributed by atoms with Gasteiger partial charge in [-0.25, -0.2) is 4.79 Å². The molecule has 0 radical (unpaired) electrons. The first kappa shape index (κ1) is 20.1. The third kappa shape index (κ3) is 5.13. The molecule has 0 saturated heterocycles. The number of carbonyl (C=O) groups excluding carboxylic acids is 2. The molecule has 0 atom stereocenters. The van der Waals surface area contributed by atoms with Crippen LogP contribution >= 0.6 is 0 Å². The Morgan fingerprint density at radius 3 is 1.89 bits per heavy atom. The lowest BCUT2D eigenvalue weighted by molar-refractivity contribution is -0.144. The number of carbonyl (C=O) groups is 2. The summed E-state index contributed by atoms with van der Waals surface area (Å²) in [5, 5.41) is 0. The van der Waals surface area contributed by atoms with E-state index in [4.69, 9.17) is 18.9 Å². The molecule has 0 spiro atoms. The highest BCUT2D eigenvalue weighted by atomic mass is 16.5. The maximum absolute atomic E-state index is 12.2. The van der Waals surface area contributed by atoms with Crippen molar-refractivity contribution in [1.82, 2.24) is 0 Å². The molecule has 0 N–H and O–H groups in total. The van der Waals surface area contributed by atoms with Gasteiger partial charge in [0.15, 0.2) is 11.5 Å². The first-order valence-corrected chi connectivity index (χ1v) is 8.14. The number of hydrogen-bond donors (Lipinski definition) is 0. The van der Waals surface area contributed by atoms with Crippen LogP contribution in [-0.2, 0) is 27.3 Å². The Bertz CT molecular complexity index is 771. The summed E-state index contributed by atoms with van der Waals surface area (Å²) in [6.07, 6.45) is 0.0525. The average molecular weight is 374 g/mol. The van der Waals surface area contributed by atoms with Crippen molar-refractivity contribution in [2.75, 3.05) is 28.4 Å². The second-order valence-corrected chi connectivity index (χ2v) is 5.56. The molecule has 0 saturated carbocycles. The minimum Gasteiger partial charge on any atom is -0.493 e. The van der Waals surface area contributed by atoms with Crippen molar-refractivity contribution < 1.29 is 33.3 Å². The lowest BCUT2D eigenvalue weighted by atomic mass is 10.1. The Kier molecular flexibility index (Phi) is 7.05. The van der Waals surface area contributed by atoms with Gasteiger partial charge in [0.25, 0.3) is 0 Å². The fourth-order valence-electron chi connectivity index (χ4n) is 2.47. The lowest BCUT2D eigenvalue weighted by Gasteiger charge is -2.14. The second kappa shape index (κ2) is 9.47. The minimum atomic E-state index is -0.416. The molecule has 0 aliphatic carbocycles. The molecule has 0 fully saturated rings. The highest BCUT2D eigenvalue weighted by Crippen LogP contribution is 2.38. The average Bonchev–Trinajstić information content (AvgIpc) is 2.71. The molecule has 0 unspecified atom stereocenters. The Balaban J connectivity index is 2.00. The lowest BCUT2D eigenvalue weighted by Crippen LogP contribution is -2.09. The van der Waals surface area contributed by atoms with Crippen LogP contribution in [-0.4, -0.2) is 40.4 Å². The third-order valence-corrected chi connectivity index (χ3v) is 3.85. The molecule has 2 aromatic rings. The first-order valence-electron chi connectivity index (χ1n) is 8.14. The van der Waals surface area contributed by atoms with E-state index in [9.17, 15) is 9.59 Å². The molecular formula is C20H22O7. The summed E-state index contributed by atoms with van der Waals surface area (Å²) in [5.41, 5.74) is 1.88. The van der Waals surface area contributed by atoms with Crippen LogP contribution in [0.1, 0.15) is 21.5 Å². The Labute approximate surface area is 157 Å². The summed E-state index contributed by atoms with van der Waals surface area (Å²) in [5.74, 6) is 0.584. The molecule has 7 nitrogen and oxygen atoms in total. The molecule has 0 heterocycles. The van der Waals surface area contributed by atoms with E-state index in [1.165, 1.54) is 28.4 Å². The van der Waals surface area contributed by atoms with E-state index in [-0.39, 0.29) is 13.0 Å². The highest BCUT2D eigenvalue weighted by molar-refractivity contribution is 5.89. The fourth-order valence-corrected chi connectivity index (χ4v) is 2.47. The van der Waals surface area contributed by atoms with E-state index >= 15 is 0 Å². The van der Waals surface area contributed by atoms with Gasteiger partial charge in [0, 0.05) is 0 Å². The van der Waals surface area contributed by atoms with E-state index < -0.39 is 11.9 Å². The molecule has 0 amide bonds. The van der Waals surface area contributed by atoms with Crippen LogP contribution in [0.5, 0.6) is 17.2 Å². The van der Waals surface area contributed by atoms with Gasteiger partial charge in [0.1, 0.15) is 6.61 Å². The van der Waals surface area contributed by atoms with Gasteiger partial charge in [-0.05, 0) is 35.4 Å². The van der Waals surface area contributed by atoms with E-state index in [1.807, 2.05) is 0 Å². The van der Waals surface area contributed by atoms with Crippen LogP contribution in [0.25, 0.3) is 0 Å². The Hall–Kier alpha value is -3.22. The number of methoxy groups -OCH3 is 4. The predicted molar refractivity (Wildman–Crippen MR) is 97.4 cm³/mol. The number of esters is 2. The van der Waals surface area contributed by atoms with Crippen LogP contribution in [0.3, 0.4) is 0 Å². The standard InChI is InChI=1S/C20H22O7/c1-23-16-9-14(10-17(24-2)19(16)25-3)11-18(21)27-12-13-5-7-15(8-6-13)20(22)26-4/h5-10H,11-12H2,1-4H3. The molecule has 2 rings (SSSR count). The minimum absolute atomic E-state index is 0.0525. The zero-order chi connectivity index (χ0) is 19.8. The van der Waals surface area contributed by atoms with Gasteiger partial charge < -0.3 is 23.7 Å². The largest absolute Gasteiger partial charge is 0.493 e. The maximum atomic E-state index is 12.2. The van der Waals surface area contributed by atoms with Crippen LogP contribution in [0.4, 0.5) is 0 Å². The summed E-state index contributed by atoms with van der Waals surface area (Å²) >= 11 is 0. The molecule has 0 aliphatic rings. The number of rotatable bonds is 8. The van der Waals surface area contributed by atoms with Crippen LogP contribution < -0.4 is 14.2 Å². The van der Waals surface area contributed by atoms with Crippen LogP contribution in [0, 0.1) is 0 Å². The molecule has 0 aromatic heterocycles. The number of benzene rings is 2. The van der Waals surface area contributed by atoms with Gasteiger partial charge in [-0.3, -0.25) is 4.79 Å². The van der Waals surface area contributed by atoms with E-state index in [0.717, 1.165) is 5.56 Å². The topological polar surface area (TPSA) is 80.3 Å². The van der Waals surface area contributed by atoms with Crippen molar-refractivity contribution in [3.05, 3.63) is 53.1 Å². The van der Waals surface area contributed by atoms with Crippen molar-refractivity contribution >= 4 is 11.9 Å². The van der Waals surface area contributed by atoms with Gasteiger partial charge in [-0.2, -0.15) is 0 Å². The van der Waals surface area contributed by atoms with Gasteiger partial charge in [-0.1, -0.05) is 12.1 Å². The Morgan fingerprint density at radius 1 is 0.815 bits per heavy atom. The zero-order valence-corrected chi connectivity index (χ0v) is 15.7. The number of ether oxygens (including phenoxy) is 5. The smallest absolute Gasteiger partial charge is 0.337 e. The molecule has 2 aromatic carbocycles. The molecular weight excluding hydrogens is 352 g/mol. The third-order valence-electron chi connectivity index (χ3n) is 3.85. The summed E-state index contributed by atoms with van der Waals surface area (Å²) in [4.78, 5) is 23.6. The quantitative estimate of drug-likeness (QED) is 0.657. The van der Waals surface area contributed by atoms with E-state index in [2.05, 4.69) is 4.74 Å². The molecule has 0 aliphatic heterocycles. The SMILES string of the molecule is COC(=O)c1ccc(COC(=O)Cc2cc(OC)c(OC)c(OC)c2)cc1. The summed E-state index contributed by atoms with van der Waals surface area (Å²) in [7, 11) is 5.86. The monoisotopic (exact) mass is 374 g/mol. The predicted octanol–water partition coefficient (Wildman–Crippen LogP) is 2.78. The summed E-state index contributed by atoms with van der Waals surface area (Å²) in [6.45, 7) is 0.102. The van der Waals surface area contributed by atoms with Crippen molar-refractivity contribution in [3.8, 4) is 17.2 Å². The van der Waals surface area contributed by atoms with Crippen molar-refractivity contribution in [3.63, 3.8) is 0 Å².